The average molecular weight is 277 g/mol. The molecule has 104 valence electrons. The lowest BCUT2D eigenvalue weighted by Gasteiger charge is -2.24. The molecule has 2 nitrogen and oxygen atoms in total. The maximum atomic E-state index is 6.21. The summed E-state index contributed by atoms with van der Waals surface area (Å²) in [7, 11) is 0. The van der Waals surface area contributed by atoms with Gasteiger partial charge in [-0.3, -0.25) is 0 Å². The van der Waals surface area contributed by atoms with Crippen LogP contribution in [0.15, 0.2) is 24.3 Å². The summed E-state index contributed by atoms with van der Waals surface area (Å²) in [6.45, 7) is 2.35. The lowest BCUT2D eigenvalue weighted by atomic mass is 9.92. The Bertz CT molecular complexity index is 397. The van der Waals surface area contributed by atoms with Crippen molar-refractivity contribution in [2.45, 2.75) is 31.8 Å². The summed E-state index contributed by atoms with van der Waals surface area (Å²) in [4.78, 5) is 0. The first-order chi connectivity index (χ1) is 9.42. The Morgan fingerprint density at radius 1 is 1.26 bits per heavy atom. The van der Waals surface area contributed by atoms with Gasteiger partial charge in [-0.05, 0) is 62.1 Å². The van der Waals surface area contributed by atoms with Crippen LogP contribution in [0.2, 0.25) is 0 Å². The molecule has 1 aromatic rings. The van der Waals surface area contributed by atoms with Gasteiger partial charge < -0.3 is 10.1 Å². The van der Waals surface area contributed by atoms with E-state index in [9.17, 15) is 0 Å². The first-order valence-electron chi connectivity index (χ1n) is 7.45. The van der Waals surface area contributed by atoms with Crippen LogP contribution >= 0.6 is 11.8 Å². The van der Waals surface area contributed by atoms with Crippen LogP contribution in [0.25, 0.3) is 0 Å². The van der Waals surface area contributed by atoms with E-state index in [-0.39, 0.29) is 0 Å². The quantitative estimate of drug-likeness (QED) is 0.913. The van der Waals surface area contributed by atoms with Crippen molar-refractivity contribution in [1.82, 2.24) is 5.32 Å². The van der Waals surface area contributed by atoms with E-state index < -0.39 is 0 Å². The van der Waals surface area contributed by atoms with Gasteiger partial charge in [0, 0.05) is 5.75 Å². The van der Waals surface area contributed by atoms with Crippen molar-refractivity contribution >= 4 is 11.8 Å². The van der Waals surface area contributed by atoms with Gasteiger partial charge in [-0.2, -0.15) is 11.8 Å². The van der Waals surface area contributed by atoms with Crippen molar-refractivity contribution in [3.05, 3.63) is 29.8 Å². The molecule has 3 rings (SSSR count). The average Bonchev–Trinajstić information content (AvgIpc) is 2.95. The third-order valence-corrected chi connectivity index (χ3v) is 5.19. The van der Waals surface area contributed by atoms with Crippen molar-refractivity contribution in [2.24, 2.45) is 5.92 Å². The van der Waals surface area contributed by atoms with E-state index in [0.717, 1.165) is 30.4 Å². The smallest absolute Gasteiger partial charge is 0.122 e. The van der Waals surface area contributed by atoms with E-state index in [1.165, 1.54) is 37.1 Å². The third kappa shape index (κ3) is 3.67. The number of piperidine rings is 1. The van der Waals surface area contributed by atoms with Gasteiger partial charge in [0.15, 0.2) is 0 Å². The molecule has 1 aromatic carbocycles. The molecule has 2 unspecified atom stereocenters. The molecule has 2 atom stereocenters. The first-order valence-corrected chi connectivity index (χ1v) is 8.60. The molecule has 2 aliphatic heterocycles. The van der Waals surface area contributed by atoms with Crippen LogP contribution in [0.3, 0.4) is 0 Å². The SMILES string of the molecule is c1ccc(OC2CCSC2)c(CC2CCCNC2)c1. The van der Waals surface area contributed by atoms with Crippen LogP contribution in [0, 0.1) is 5.92 Å². The third-order valence-electron chi connectivity index (χ3n) is 4.06. The molecule has 2 fully saturated rings. The molecule has 2 aliphatic rings. The Balaban J connectivity index is 1.65. The summed E-state index contributed by atoms with van der Waals surface area (Å²) < 4.78 is 6.21. The Morgan fingerprint density at radius 2 is 2.21 bits per heavy atom. The number of para-hydroxylation sites is 1. The molecular weight excluding hydrogens is 254 g/mol. The van der Waals surface area contributed by atoms with Crippen LogP contribution < -0.4 is 10.1 Å². The highest BCUT2D eigenvalue weighted by Crippen LogP contribution is 2.28. The zero-order chi connectivity index (χ0) is 12.9. The van der Waals surface area contributed by atoms with E-state index in [2.05, 4.69) is 29.6 Å². The van der Waals surface area contributed by atoms with Gasteiger partial charge in [-0.1, -0.05) is 18.2 Å². The molecule has 0 bridgehead atoms. The Morgan fingerprint density at radius 3 is 3.00 bits per heavy atom. The van der Waals surface area contributed by atoms with Gasteiger partial charge in [0.1, 0.15) is 11.9 Å². The Labute approximate surface area is 120 Å². The van der Waals surface area contributed by atoms with Crippen molar-refractivity contribution < 1.29 is 4.74 Å². The van der Waals surface area contributed by atoms with Gasteiger partial charge >= 0.3 is 0 Å². The molecule has 3 heteroatoms. The molecule has 0 radical (unpaired) electrons. The van der Waals surface area contributed by atoms with Crippen LogP contribution in [-0.4, -0.2) is 30.7 Å². The topological polar surface area (TPSA) is 21.3 Å². The summed E-state index contributed by atoms with van der Waals surface area (Å²) in [5, 5.41) is 3.50. The lowest BCUT2D eigenvalue weighted by molar-refractivity contribution is 0.225. The maximum Gasteiger partial charge on any atom is 0.122 e. The molecule has 19 heavy (non-hydrogen) atoms. The Hall–Kier alpha value is -0.670. The molecule has 0 saturated carbocycles. The number of hydrogen-bond acceptors (Lipinski definition) is 3. The summed E-state index contributed by atoms with van der Waals surface area (Å²) in [5.41, 5.74) is 1.40. The van der Waals surface area contributed by atoms with Gasteiger partial charge in [0.2, 0.25) is 0 Å². The fraction of sp³-hybridized carbons (Fsp3) is 0.625. The summed E-state index contributed by atoms with van der Waals surface area (Å²) in [6.07, 6.45) is 5.44. The fourth-order valence-corrected chi connectivity index (χ4v) is 4.08. The van der Waals surface area contributed by atoms with Crippen LogP contribution in [0.1, 0.15) is 24.8 Å². The fourth-order valence-electron chi connectivity index (χ4n) is 2.98. The van der Waals surface area contributed by atoms with Crippen molar-refractivity contribution in [3.8, 4) is 5.75 Å². The minimum atomic E-state index is 0.427. The number of thioether (sulfide) groups is 1. The van der Waals surface area contributed by atoms with E-state index in [1.54, 1.807) is 0 Å². The largest absolute Gasteiger partial charge is 0.489 e. The Kier molecular flexibility index (Phi) is 4.67. The number of rotatable bonds is 4. The second-order valence-electron chi connectivity index (χ2n) is 5.63. The summed E-state index contributed by atoms with van der Waals surface area (Å²) >= 11 is 2.01. The van der Waals surface area contributed by atoms with Crippen molar-refractivity contribution in [2.75, 3.05) is 24.6 Å². The highest BCUT2D eigenvalue weighted by molar-refractivity contribution is 7.99. The van der Waals surface area contributed by atoms with Crippen molar-refractivity contribution in [3.63, 3.8) is 0 Å². The van der Waals surface area contributed by atoms with E-state index >= 15 is 0 Å². The number of hydrogen-bond donors (Lipinski definition) is 1. The number of ether oxygens (including phenoxy) is 1. The van der Waals surface area contributed by atoms with Gasteiger partial charge in [0.25, 0.3) is 0 Å². The second-order valence-corrected chi connectivity index (χ2v) is 6.78. The zero-order valence-corrected chi connectivity index (χ0v) is 12.3. The first kappa shape index (κ1) is 13.3. The molecule has 0 amide bonds. The molecule has 0 aromatic heterocycles. The molecule has 0 aliphatic carbocycles. The van der Waals surface area contributed by atoms with Crippen LogP contribution in [0.4, 0.5) is 0 Å². The van der Waals surface area contributed by atoms with Gasteiger partial charge in [-0.15, -0.1) is 0 Å². The normalized spacial score (nSPS) is 27.4. The zero-order valence-electron chi connectivity index (χ0n) is 11.4. The molecule has 2 saturated heterocycles. The number of nitrogens with one attached hydrogen (secondary N) is 1. The molecule has 2 heterocycles. The summed E-state index contributed by atoms with van der Waals surface area (Å²) in [6, 6.07) is 8.63. The maximum absolute atomic E-state index is 6.21. The minimum absolute atomic E-state index is 0.427. The molecule has 1 N–H and O–H groups in total. The minimum Gasteiger partial charge on any atom is -0.489 e. The predicted molar refractivity (Wildman–Crippen MR) is 82.1 cm³/mol. The standard InChI is InChI=1S/C16H23NOS/c1-2-6-16(18-15-7-9-19-12-15)14(5-1)10-13-4-3-8-17-11-13/h1-2,5-6,13,15,17H,3-4,7-12H2. The summed E-state index contributed by atoms with van der Waals surface area (Å²) in [5.74, 6) is 4.30. The van der Waals surface area contributed by atoms with E-state index in [1.807, 2.05) is 11.8 Å². The predicted octanol–water partition coefficient (Wildman–Crippen LogP) is 3.11. The highest BCUT2D eigenvalue weighted by Gasteiger charge is 2.20. The van der Waals surface area contributed by atoms with E-state index in [0.29, 0.717) is 6.10 Å². The lowest BCUT2D eigenvalue weighted by Crippen LogP contribution is -2.31. The highest BCUT2D eigenvalue weighted by atomic mass is 32.2. The molecular formula is C16H23NOS. The van der Waals surface area contributed by atoms with Crippen LogP contribution in [-0.2, 0) is 6.42 Å². The second kappa shape index (κ2) is 6.67. The monoisotopic (exact) mass is 277 g/mol. The van der Waals surface area contributed by atoms with Gasteiger partial charge in [-0.25, -0.2) is 0 Å². The van der Waals surface area contributed by atoms with Gasteiger partial charge in [0.05, 0.1) is 0 Å². The molecule has 0 spiro atoms. The van der Waals surface area contributed by atoms with Crippen molar-refractivity contribution in [1.29, 1.82) is 0 Å². The number of benzene rings is 1. The van der Waals surface area contributed by atoms with Crippen LogP contribution in [0.5, 0.6) is 5.75 Å². The van der Waals surface area contributed by atoms with E-state index in [4.69, 9.17) is 4.74 Å².